The number of pyridine rings is 1. The van der Waals surface area contributed by atoms with Crippen molar-refractivity contribution in [1.82, 2.24) is 10.3 Å². The molecule has 5 N–H and O–H groups in total. The number of aliphatic hydroxyl groups is 1. The molecule has 9 nitrogen and oxygen atoms in total. The van der Waals surface area contributed by atoms with Crippen molar-refractivity contribution in [3.05, 3.63) is 119 Å². The van der Waals surface area contributed by atoms with Gasteiger partial charge < -0.3 is 30.9 Å². The fourth-order valence-electron chi connectivity index (χ4n) is 5.11. The summed E-state index contributed by atoms with van der Waals surface area (Å²) in [7, 11) is 0. The van der Waals surface area contributed by atoms with Gasteiger partial charge in [-0.15, -0.1) is 11.8 Å². The molecule has 1 aromatic heterocycles. The Hall–Kier alpha value is -4.22. The summed E-state index contributed by atoms with van der Waals surface area (Å²) in [5.41, 5.74) is 10.8. The number of unbranched alkanes of at least 4 members (excludes halogenated alkanes) is 1. The molecule has 0 radical (unpaired) electrons. The summed E-state index contributed by atoms with van der Waals surface area (Å²) in [4.78, 5) is 29.0. The lowest BCUT2D eigenvalue weighted by molar-refractivity contribution is -0.245. The highest BCUT2D eigenvalue weighted by atomic mass is 32.2. The molecule has 240 valence electrons. The first-order valence-electron chi connectivity index (χ1n) is 15.5. The van der Waals surface area contributed by atoms with Crippen LogP contribution in [-0.4, -0.2) is 33.8 Å². The normalized spacial score (nSPS) is 17.7. The zero-order chi connectivity index (χ0) is 32.1. The molecule has 5 rings (SSSR count). The Morgan fingerprint density at radius 2 is 1.54 bits per heavy atom. The molecule has 0 unspecified atom stereocenters. The summed E-state index contributed by atoms with van der Waals surface area (Å²) < 4.78 is 12.9. The molecule has 2 amide bonds. The second-order valence-electron chi connectivity index (χ2n) is 11.2. The Morgan fingerprint density at radius 3 is 2.26 bits per heavy atom. The predicted molar refractivity (Wildman–Crippen MR) is 180 cm³/mol. The van der Waals surface area contributed by atoms with Crippen molar-refractivity contribution in [1.29, 1.82) is 0 Å². The number of aromatic nitrogens is 1. The monoisotopic (exact) mass is 640 g/mol. The third kappa shape index (κ3) is 9.89. The maximum atomic E-state index is 12.4. The second-order valence-corrected chi connectivity index (χ2v) is 12.2. The summed E-state index contributed by atoms with van der Waals surface area (Å²) in [5, 5.41) is 16.2. The Bertz CT molecular complexity index is 1550. The van der Waals surface area contributed by atoms with Gasteiger partial charge in [-0.1, -0.05) is 66.7 Å². The van der Waals surface area contributed by atoms with Crippen LogP contribution in [0.15, 0.2) is 102 Å². The zero-order valence-corrected chi connectivity index (χ0v) is 26.5. The second kappa shape index (κ2) is 16.9. The van der Waals surface area contributed by atoms with Gasteiger partial charge in [-0.05, 0) is 53.8 Å². The van der Waals surface area contributed by atoms with Gasteiger partial charge in [0, 0.05) is 43.3 Å². The number of ether oxygens (including phenoxy) is 2. The molecular weight excluding hydrogens is 600 g/mol. The van der Waals surface area contributed by atoms with Crippen LogP contribution in [0.5, 0.6) is 0 Å². The molecule has 46 heavy (non-hydrogen) atoms. The average Bonchev–Trinajstić information content (AvgIpc) is 3.10. The number of nitrogens with two attached hydrogens (primary N) is 1. The van der Waals surface area contributed by atoms with Crippen LogP contribution in [0.25, 0.3) is 0 Å². The molecule has 0 saturated carbocycles. The van der Waals surface area contributed by atoms with E-state index in [2.05, 4.69) is 15.6 Å². The molecule has 2 heterocycles. The standard InChI is InChI=1S/C36H40N4O5S/c37-30-7-1-2-8-31(30)40-34(43)10-4-3-9-33(42)39-22-25-12-18-28(19-13-25)36-44-29(24-46-35-11-5-6-20-38-35)21-32(45-36)27-16-14-26(23-41)15-17-27/h1-2,5-8,11-20,29,32,36,41H,3-4,9-10,21-24,37H2,(H,39,42)(H,40,43)/t29-,32+,36+/m1/s1. The number of carbonyl (C=O) groups is 2. The number of benzene rings is 3. The minimum Gasteiger partial charge on any atom is -0.397 e. The minimum atomic E-state index is -0.551. The number of para-hydroxylation sites is 2. The Balaban J connectivity index is 1.10. The van der Waals surface area contributed by atoms with E-state index >= 15 is 0 Å². The Kier molecular flexibility index (Phi) is 12.2. The number of hydrogen-bond donors (Lipinski definition) is 4. The van der Waals surface area contributed by atoms with Crippen LogP contribution in [0, 0.1) is 0 Å². The van der Waals surface area contributed by atoms with Crippen LogP contribution < -0.4 is 16.4 Å². The third-order valence-corrected chi connectivity index (χ3v) is 8.78. The number of amides is 2. The van der Waals surface area contributed by atoms with Crippen LogP contribution in [0.1, 0.15) is 66.8 Å². The molecule has 4 aromatic rings. The van der Waals surface area contributed by atoms with E-state index in [1.54, 1.807) is 30.1 Å². The number of aliphatic hydroxyl groups excluding tert-OH is 1. The van der Waals surface area contributed by atoms with E-state index in [0.717, 1.165) is 33.0 Å². The lowest BCUT2D eigenvalue weighted by Gasteiger charge is -2.36. The molecule has 1 saturated heterocycles. The minimum absolute atomic E-state index is 0.00213. The smallest absolute Gasteiger partial charge is 0.224 e. The van der Waals surface area contributed by atoms with Crippen molar-refractivity contribution in [2.24, 2.45) is 0 Å². The molecule has 3 aromatic carbocycles. The van der Waals surface area contributed by atoms with Gasteiger partial charge in [0.25, 0.3) is 0 Å². The molecule has 0 spiro atoms. The highest BCUT2D eigenvalue weighted by Gasteiger charge is 2.32. The van der Waals surface area contributed by atoms with E-state index in [1.807, 2.05) is 78.9 Å². The fourth-order valence-corrected chi connectivity index (χ4v) is 5.99. The first-order chi connectivity index (χ1) is 22.5. The highest BCUT2D eigenvalue weighted by Crippen LogP contribution is 2.39. The lowest BCUT2D eigenvalue weighted by atomic mass is 10.0. The summed E-state index contributed by atoms with van der Waals surface area (Å²) in [6.07, 6.45) is 3.61. The van der Waals surface area contributed by atoms with E-state index in [0.29, 0.717) is 50.0 Å². The molecule has 10 heteroatoms. The number of carbonyl (C=O) groups excluding carboxylic acids is 2. The quantitative estimate of drug-likeness (QED) is 0.0716. The molecule has 0 aliphatic carbocycles. The number of nitrogens with zero attached hydrogens (tertiary/aromatic N) is 1. The molecule has 1 aliphatic rings. The highest BCUT2D eigenvalue weighted by molar-refractivity contribution is 7.99. The number of nitrogen functional groups attached to an aromatic ring is 1. The number of thioether (sulfide) groups is 1. The van der Waals surface area contributed by atoms with Crippen LogP contribution in [0.2, 0.25) is 0 Å². The predicted octanol–water partition coefficient (Wildman–Crippen LogP) is 6.31. The van der Waals surface area contributed by atoms with Gasteiger partial charge in [-0.3, -0.25) is 9.59 Å². The maximum Gasteiger partial charge on any atom is 0.224 e. The van der Waals surface area contributed by atoms with Crippen LogP contribution in [0.4, 0.5) is 11.4 Å². The first-order valence-corrected chi connectivity index (χ1v) is 16.5. The molecule has 1 fully saturated rings. The van der Waals surface area contributed by atoms with Gasteiger partial charge in [0.2, 0.25) is 11.8 Å². The SMILES string of the molecule is Nc1ccccc1NC(=O)CCCCC(=O)NCc1ccc([C@H]2O[C@@H](CSc3ccccn3)C[C@@H](c3ccc(CO)cc3)O2)cc1. The fraction of sp³-hybridized carbons (Fsp3) is 0.306. The summed E-state index contributed by atoms with van der Waals surface area (Å²) in [5.74, 6) is 0.561. The molecule has 3 atom stereocenters. The van der Waals surface area contributed by atoms with Crippen molar-refractivity contribution in [3.8, 4) is 0 Å². The first kappa shape index (κ1) is 33.2. The number of hydrogen-bond acceptors (Lipinski definition) is 8. The van der Waals surface area contributed by atoms with Gasteiger partial charge >= 0.3 is 0 Å². The summed E-state index contributed by atoms with van der Waals surface area (Å²) in [6.45, 7) is 0.403. The van der Waals surface area contributed by atoms with Crippen molar-refractivity contribution >= 4 is 35.0 Å². The van der Waals surface area contributed by atoms with Gasteiger partial charge in [-0.25, -0.2) is 4.98 Å². The number of anilines is 2. The maximum absolute atomic E-state index is 12.4. The van der Waals surface area contributed by atoms with E-state index < -0.39 is 6.29 Å². The number of nitrogens with one attached hydrogen (secondary N) is 2. The molecular formula is C36H40N4O5S. The van der Waals surface area contributed by atoms with E-state index in [9.17, 15) is 14.7 Å². The average molecular weight is 641 g/mol. The van der Waals surface area contributed by atoms with Crippen LogP contribution >= 0.6 is 11.8 Å². The van der Waals surface area contributed by atoms with E-state index in [4.69, 9.17) is 15.2 Å². The van der Waals surface area contributed by atoms with Crippen molar-refractivity contribution in [2.75, 3.05) is 16.8 Å². The van der Waals surface area contributed by atoms with Crippen LogP contribution in [-0.2, 0) is 32.2 Å². The van der Waals surface area contributed by atoms with Gasteiger partial charge in [-0.2, -0.15) is 0 Å². The number of rotatable bonds is 14. The lowest BCUT2D eigenvalue weighted by Crippen LogP contribution is -2.31. The zero-order valence-electron chi connectivity index (χ0n) is 25.6. The molecule has 0 bridgehead atoms. The molecule has 1 aliphatic heterocycles. The summed E-state index contributed by atoms with van der Waals surface area (Å²) in [6, 6.07) is 28.7. The van der Waals surface area contributed by atoms with Crippen molar-refractivity contribution in [2.45, 2.75) is 68.8 Å². The van der Waals surface area contributed by atoms with E-state index in [-0.39, 0.29) is 30.6 Å². The van der Waals surface area contributed by atoms with Gasteiger partial charge in [0.05, 0.1) is 35.2 Å². The van der Waals surface area contributed by atoms with Gasteiger partial charge in [0.1, 0.15) is 0 Å². The Morgan fingerprint density at radius 1 is 0.848 bits per heavy atom. The van der Waals surface area contributed by atoms with Crippen molar-refractivity contribution in [3.63, 3.8) is 0 Å². The van der Waals surface area contributed by atoms with E-state index in [1.165, 1.54) is 0 Å². The largest absolute Gasteiger partial charge is 0.397 e. The third-order valence-electron chi connectivity index (χ3n) is 7.70. The van der Waals surface area contributed by atoms with Gasteiger partial charge in [0.15, 0.2) is 6.29 Å². The van der Waals surface area contributed by atoms with Crippen molar-refractivity contribution < 1.29 is 24.2 Å². The van der Waals surface area contributed by atoms with Crippen LogP contribution in [0.3, 0.4) is 0 Å². The Labute approximate surface area is 273 Å². The topological polar surface area (TPSA) is 136 Å². The summed E-state index contributed by atoms with van der Waals surface area (Å²) >= 11 is 1.66.